The normalized spacial score (nSPS) is 12.6. The second kappa shape index (κ2) is 63.9. The molecule has 0 aliphatic rings. The highest BCUT2D eigenvalue weighted by Gasteiger charge is 2.18. The van der Waals surface area contributed by atoms with Crippen molar-refractivity contribution in [3.05, 3.63) is 24.3 Å². The van der Waals surface area contributed by atoms with E-state index in [9.17, 15) is 19.8 Å². The molecule has 0 heterocycles. The first-order valence-corrected chi connectivity index (χ1v) is 33.6. The van der Waals surface area contributed by atoms with Crippen LogP contribution in [0.1, 0.15) is 373 Å². The summed E-state index contributed by atoms with van der Waals surface area (Å²) in [6.07, 6.45) is 79.7. The summed E-state index contributed by atoms with van der Waals surface area (Å²) in [5.74, 6) is -0.0508. The highest BCUT2D eigenvalue weighted by atomic mass is 16.5. The first kappa shape index (κ1) is 72.3. The van der Waals surface area contributed by atoms with Gasteiger partial charge in [0.05, 0.1) is 25.4 Å². The van der Waals surface area contributed by atoms with Gasteiger partial charge in [0.15, 0.2) is 0 Å². The number of rotatable bonds is 63. The number of esters is 1. The van der Waals surface area contributed by atoms with Gasteiger partial charge in [-0.15, -0.1) is 0 Å². The van der Waals surface area contributed by atoms with Crippen molar-refractivity contribution in [2.75, 3.05) is 13.2 Å². The Kier molecular flexibility index (Phi) is 62.4. The predicted molar refractivity (Wildman–Crippen MR) is 324 cm³/mol. The van der Waals surface area contributed by atoms with E-state index in [-0.39, 0.29) is 18.5 Å². The van der Waals surface area contributed by atoms with Gasteiger partial charge in [-0.25, -0.2) is 0 Å². The molecule has 0 aliphatic heterocycles. The molecular formula is C68H131NO5. The van der Waals surface area contributed by atoms with Crippen LogP contribution in [-0.2, 0) is 14.3 Å². The van der Waals surface area contributed by atoms with Crippen LogP contribution in [0.4, 0.5) is 0 Å². The second-order valence-corrected chi connectivity index (χ2v) is 23.2. The van der Waals surface area contributed by atoms with Crippen LogP contribution >= 0.6 is 0 Å². The Labute approximate surface area is 462 Å². The van der Waals surface area contributed by atoms with Gasteiger partial charge in [-0.05, 0) is 57.8 Å². The number of carbonyl (C=O) groups excluding carboxylic acids is 2. The molecule has 0 rings (SSSR count). The smallest absolute Gasteiger partial charge is 0.305 e. The largest absolute Gasteiger partial charge is 0.466 e. The topological polar surface area (TPSA) is 95.9 Å². The summed E-state index contributed by atoms with van der Waals surface area (Å²) < 4.78 is 5.49. The van der Waals surface area contributed by atoms with Crippen molar-refractivity contribution < 1.29 is 24.5 Å². The molecule has 0 spiro atoms. The van der Waals surface area contributed by atoms with Gasteiger partial charge < -0.3 is 20.3 Å². The summed E-state index contributed by atoms with van der Waals surface area (Å²) in [6.45, 7) is 4.91. The number of aliphatic hydroxyl groups excluding tert-OH is 2. The van der Waals surface area contributed by atoms with Gasteiger partial charge in [0.1, 0.15) is 0 Å². The van der Waals surface area contributed by atoms with E-state index in [1.807, 2.05) is 6.08 Å². The lowest BCUT2D eigenvalue weighted by molar-refractivity contribution is -0.143. The van der Waals surface area contributed by atoms with Gasteiger partial charge >= 0.3 is 5.97 Å². The lowest BCUT2D eigenvalue weighted by Gasteiger charge is -2.20. The molecule has 6 heteroatoms. The maximum atomic E-state index is 12.4. The highest BCUT2D eigenvalue weighted by Crippen LogP contribution is 2.18. The third kappa shape index (κ3) is 59.6. The van der Waals surface area contributed by atoms with E-state index in [1.54, 1.807) is 6.08 Å². The molecule has 0 aromatic heterocycles. The fourth-order valence-electron chi connectivity index (χ4n) is 10.6. The van der Waals surface area contributed by atoms with Crippen molar-refractivity contribution >= 4 is 11.9 Å². The van der Waals surface area contributed by atoms with Crippen molar-refractivity contribution in [3.8, 4) is 0 Å². The monoisotopic (exact) mass is 1040 g/mol. The van der Waals surface area contributed by atoms with Crippen LogP contribution in [0.15, 0.2) is 24.3 Å². The van der Waals surface area contributed by atoms with Crippen LogP contribution in [0, 0.1) is 0 Å². The Morgan fingerprint density at radius 2 is 0.635 bits per heavy atom. The minimum Gasteiger partial charge on any atom is -0.466 e. The van der Waals surface area contributed by atoms with Gasteiger partial charge in [0, 0.05) is 12.8 Å². The van der Waals surface area contributed by atoms with E-state index in [1.165, 1.54) is 302 Å². The Morgan fingerprint density at radius 3 is 0.959 bits per heavy atom. The van der Waals surface area contributed by atoms with E-state index >= 15 is 0 Å². The fraction of sp³-hybridized carbons (Fsp3) is 0.912. The molecule has 0 aromatic rings. The molecule has 0 radical (unpaired) electrons. The zero-order valence-corrected chi connectivity index (χ0v) is 50.1. The lowest BCUT2D eigenvalue weighted by Crippen LogP contribution is -2.45. The van der Waals surface area contributed by atoms with Crippen LogP contribution in [-0.4, -0.2) is 47.4 Å². The average Bonchev–Trinajstić information content (AvgIpc) is 3.40. The molecular weight excluding hydrogens is 911 g/mol. The maximum Gasteiger partial charge on any atom is 0.305 e. The van der Waals surface area contributed by atoms with E-state index in [0.29, 0.717) is 19.4 Å². The van der Waals surface area contributed by atoms with Gasteiger partial charge in [-0.2, -0.15) is 0 Å². The average molecular weight is 1040 g/mol. The summed E-state index contributed by atoms with van der Waals surface area (Å²) in [5, 5.41) is 23.1. The maximum absolute atomic E-state index is 12.4. The van der Waals surface area contributed by atoms with Crippen molar-refractivity contribution in [1.29, 1.82) is 0 Å². The molecule has 3 N–H and O–H groups in total. The van der Waals surface area contributed by atoms with Crippen molar-refractivity contribution in [1.82, 2.24) is 5.32 Å². The number of allylic oxidation sites excluding steroid dienone is 3. The van der Waals surface area contributed by atoms with Crippen LogP contribution in [0.5, 0.6) is 0 Å². The number of hydrogen-bond donors (Lipinski definition) is 3. The number of ether oxygens (including phenoxy) is 1. The van der Waals surface area contributed by atoms with Crippen LogP contribution in [0.25, 0.3) is 0 Å². The predicted octanol–water partition coefficient (Wildman–Crippen LogP) is 21.4. The molecule has 0 aromatic carbocycles. The van der Waals surface area contributed by atoms with E-state index in [0.717, 1.165) is 44.9 Å². The molecule has 0 bridgehead atoms. The summed E-state index contributed by atoms with van der Waals surface area (Å²) in [5.41, 5.74) is 0. The first-order chi connectivity index (χ1) is 36.5. The second-order valence-electron chi connectivity index (χ2n) is 23.2. The van der Waals surface area contributed by atoms with Gasteiger partial charge in [-0.1, -0.05) is 327 Å². The Morgan fingerprint density at radius 1 is 0.365 bits per heavy atom. The van der Waals surface area contributed by atoms with Crippen LogP contribution in [0.3, 0.4) is 0 Å². The number of unbranched alkanes of at least 4 members (excludes halogenated alkanes) is 50. The Balaban J connectivity index is 3.32. The zero-order chi connectivity index (χ0) is 53.6. The summed E-state index contributed by atoms with van der Waals surface area (Å²) in [7, 11) is 0. The third-order valence-corrected chi connectivity index (χ3v) is 15.7. The number of amides is 1. The summed E-state index contributed by atoms with van der Waals surface area (Å²) in [4.78, 5) is 24.5. The van der Waals surface area contributed by atoms with Crippen molar-refractivity contribution in [2.45, 2.75) is 386 Å². The molecule has 2 atom stereocenters. The van der Waals surface area contributed by atoms with Gasteiger partial charge in [0.25, 0.3) is 0 Å². The fourth-order valence-corrected chi connectivity index (χ4v) is 10.6. The zero-order valence-electron chi connectivity index (χ0n) is 50.1. The first-order valence-electron chi connectivity index (χ1n) is 33.6. The van der Waals surface area contributed by atoms with Crippen molar-refractivity contribution in [3.63, 3.8) is 0 Å². The number of aliphatic hydroxyl groups is 2. The molecule has 6 nitrogen and oxygen atoms in total. The quantitative estimate of drug-likeness (QED) is 0.0320. The third-order valence-electron chi connectivity index (χ3n) is 15.7. The molecule has 0 saturated heterocycles. The molecule has 438 valence electrons. The number of nitrogens with one attached hydrogen (secondary N) is 1. The van der Waals surface area contributed by atoms with Crippen LogP contribution in [0.2, 0.25) is 0 Å². The molecule has 2 unspecified atom stereocenters. The van der Waals surface area contributed by atoms with Gasteiger partial charge in [0.2, 0.25) is 5.91 Å². The van der Waals surface area contributed by atoms with Crippen molar-refractivity contribution in [2.24, 2.45) is 0 Å². The minimum atomic E-state index is -0.840. The minimum absolute atomic E-state index is 0.0121. The Hall–Kier alpha value is -1.66. The van der Waals surface area contributed by atoms with Crippen LogP contribution < -0.4 is 5.32 Å². The highest BCUT2D eigenvalue weighted by molar-refractivity contribution is 5.76. The Bertz CT molecular complexity index is 1150. The molecule has 0 aliphatic carbocycles. The lowest BCUT2D eigenvalue weighted by atomic mass is 10.0. The van der Waals surface area contributed by atoms with E-state index in [2.05, 4.69) is 31.3 Å². The SMILES string of the molecule is CCCCCCC/C=C\CCCCCCCC(=O)OCCCCCCCCCCCCCCCCCCCCCCCCCCCCCCCCCC(=O)NC(CO)C(O)/C=C/CCCCCCCCCCCC. The van der Waals surface area contributed by atoms with Gasteiger partial charge in [-0.3, -0.25) is 9.59 Å². The summed E-state index contributed by atoms with van der Waals surface area (Å²) in [6, 6.07) is -0.623. The molecule has 74 heavy (non-hydrogen) atoms. The number of carbonyl (C=O) groups is 2. The molecule has 1 amide bonds. The summed E-state index contributed by atoms with van der Waals surface area (Å²) >= 11 is 0. The number of hydrogen-bond acceptors (Lipinski definition) is 5. The standard InChI is InChI=1S/C68H131NO5/c1-3-5-7-9-11-13-15-17-38-42-46-50-54-58-62-68(73)74-63-59-55-51-47-43-39-36-34-32-30-28-26-24-22-20-18-19-21-23-25-27-29-31-33-35-37-41-45-49-53-57-61-67(72)69-65(64-70)66(71)60-56-52-48-44-40-16-14-12-10-8-6-4-2/h15,17,56,60,65-66,70-71H,3-14,16,18-55,57-59,61-64H2,1-2H3,(H,69,72)/b17-15-,60-56+. The molecule has 0 saturated carbocycles. The van der Waals surface area contributed by atoms with E-state index in [4.69, 9.17) is 4.74 Å². The molecule has 0 fully saturated rings. The van der Waals surface area contributed by atoms with E-state index < -0.39 is 12.1 Å².